The Bertz CT molecular complexity index is 510. The van der Waals surface area contributed by atoms with Gasteiger partial charge in [-0.2, -0.15) is 0 Å². The van der Waals surface area contributed by atoms with E-state index in [-0.39, 0.29) is 0 Å². The highest BCUT2D eigenvalue weighted by atomic mass is 79.9. The third kappa shape index (κ3) is 3.40. The minimum Gasteiger partial charge on any atom is -0.330 e. The summed E-state index contributed by atoms with van der Waals surface area (Å²) in [4.78, 5) is 5.67. The van der Waals surface area contributed by atoms with E-state index in [0.29, 0.717) is 12.5 Å². The van der Waals surface area contributed by atoms with E-state index in [0.717, 1.165) is 23.0 Å². The number of rotatable bonds is 5. The first-order valence-corrected chi connectivity index (χ1v) is 7.72. The van der Waals surface area contributed by atoms with Crippen LogP contribution in [0.1, 0.15) is 28.5 Å². The van der Waals surface area contributed by atoms with E-state index in [4.69, 9.17) is 5.73 Å². The highest BCUT2D eigenvalue weighted by Crippen LogP contribution is 2.25. The van der Waals surface area contributed by atoms with Crippen LogP contribution in [0.3, 0.4) is 0 Å². The molecule has 2 nitrogen and oxygen atoms in total. The molecule has 1 atom stereocenters. The van der Waals surface area contributed by atoms with Crippen LogP contribution in [0.5, 0.6) is 0 Å². The molecule has 0 aliphatic heterocycles. The fourth-order valence-electron chi connectivity index (χ4n) is 2.05. The van der Waals surface area contributed by atoms with E-state index in [9.17, 15) is 0 Å². The first kappa shape index (κ1) is 13.7. The molecule has 2 rings (SSSR count). The van der Waals surface area contributed by atoms with Gasteiger partial charge < -0.3 is 5.73 Å². The predicted molar refractivity (Wildman–Crippen MR) is 81.1 cm³/mol. The third-order valence-corrected chi connectivity index (χ3v) is 4.66. The molecular weight excluding hydrogens is 308 g/mol. The molecule has 4 heteroatoms. The van der Waals surface area contributed by atoms with Gasteiger partial charge in [0, 0.05) is 9.35 Å². The highest BCUT2D eigenvalue weighted by Gasteiger charge is 2.11. The summed E-state index contributed by atoms with van der Waals surface area (Å²) in [5.74, 6) is 0.420. The molecule has 0 amide bonds. The second-order valence-corrected chi connectivity index (χ2v) is 6.24. The van der Waals surface area contributed by atoms with Gasteiger partial charge in [0.25, 0.3) is 0 Å². The summed E-state index contributed by atoms with van der Waals surface area (Å²) in [5, 5.41) is 0. The van der Waals surface area contributed by atoms with Gasteiger partial charge in [0.15, 0.2) is 0 Å². The van der Waals surface area contributed by atoms with Gasteiger partial charge in [0.1, 0.15) is 0 Å². The van der Waals surface area contributed by atoms with Crippen LogP contribution in [0.4, 0.5) is 0 Å². The Kier molecular flexibility index (Phi) is 4.92. The van der Waals surface area contributed by atoms with Gasteiger partial charge in [-0.15, -0.1) is 11.3 Å². The van der Waals surface area contributed by atoms with Crippen LogP contribution in [-0.2, 0) is 6.42 Å². The number of halogens is 1. The van der Waals surface area contributed by atoms with Crippen LogP contribution >= 0.6 is 27.3 Å². The molecule has 18 heavy (non-hydrogen) atoms. The van der Waals surface area contributed by atoms with Crippen molar-refractivity contribution in [1.29, 1.82) is 0 Å². The predicted octanol–water partition coefficient (Wildman–Crippen LogP) is 3.89. The summed E-state index contributed by atoms with van der Waals surface area (Å²) in [6, 6.07) is 8.43. The Morgan fingerprint density at radius 1 is 1.44 bits per heavy atom. The lowest BCUT2D eigenvalue weighted by atomic mass is 9.94. The van der Waals surface area contributed by atoms with Gasteiger partial charge in [0.05, 0.1) is 11.2 Å². The summed E-state index contributed by atoms with van der Waals surface area (Å²) in [6.45, 7) is 2.76. The summed E-state index contributed by atoms with van der Waals surface area (Å²) >= 11 is 5.25. The van der Waals surface area contributed by atoms with Gasteiger partial charge in [0.2, 0.25) is 0 Å². The quantitative estimate of drug-likeness (QED) is 0.906. The molecule has 2 N–H and O–H groups in total. The van der Waals surface area contributed by atoms with Crippen molar-refractivity contribution in [3.63, 3.8) is 0 Å². The molecule has 1 aromatic heterocycles. The van der Waals surface area contributed by atoms with Crippen molar-refractivity contribution in [3.05, 3.63) is 50.4 Å². The maximum atomic E-state index is 5.90. The molecule has 1 aromatic carbocycles. The van der Waals surface area contributed by atoms with E-state index in [1.54, 1.807) is 11.3 Å². The Balaban J connectivity index is 2.04. The molecule has 1 unspecified atom stereocenters. The molecule has 0 bridgehead atoms. The summed E-state index contributed by atoms with van der Waals surface area (Å²) in [6.07, 6.45) is 2.14. The minimum absolute atomic E-state index is 0.420. The van der Waals surface area contributed by atoms with Crippen molar-refractivity contribution in [2.75, 3.05) is 6.54 Å². The molecule has 0 spiro atoms. The number of nitrogens with two attached hydrogens (primary N) is 1. The topological polar surface area (TPSA) is 38.9 Å². The lowest BCUT2D eigenvalue weighted by Crippen LogP contribution is -2.13. The first-order valence-electron chi connectivity index (χ1n) is 6.05. The normalized spacial score (nSPS) is 12.6. The summed E-state index contributed by atoms with van der Waals surface area (Å²) < 4.78 is 1.12. The standard InChI is InChI=1S/C14H17BrN2S/c1-10-14(18-9-17-10)6-5-12(8-16)11-3-2-4-13(15)7-11/h2-4,7,9,12H,5-6,8,16H2,1H3. The van der Waals surface area contributed by atoms with Crippen LogP contribution in [0.25, 0.3) is 0 Å². The smallest absolute Gasteiger partial charge is 0.0797 e. The monoisotopic (exact) mass is 324 g/mol. The number of aryl methyl sites for hydroxylation is 2. The van der Waals surface area contributed by atoms with Crippen molar-refractivity contribution in [1.82, 2.24) is 4.98 Å². The van der Waals surface area contributed by atoms with Crippen LogP contribution in [0.15, 0.2) is 34.2 Å². The Labute approximate surface area is 120 Å². The summed E-state index contributed by atoms with van der Waals surface area (Å²) in [7, 11) is 0. The fraction of sp³-hybridized carbons (Fsp3) is 0.357. The Morgan fingerprint density at radius 2 is 2.28 bits per heavy atom. The zero-order valence-corrected chi connectivity index (χ0v) is 12.8. The van der Waals surface area contributed by atoms with Crippen LogP contribution in [0.2, 0.25) is 0 Å². The van der Waals surface area contributed by atoms with Crippen LogP contribution in [-0.4, -0.2) is 11.5 Å². The fourth-order valence-corrected chi connectivity index (χ4v) is 3.27. The zero-order valence-electron chi connectivity index (χ0n) is 10.4. The average Bonchev–Trinajstić information content (AvgIpc) is 2.76. The second-order valence-electron chi connectivity index (χ2n) is 4.39. The average molecular weight is 325 g/mol. The molecule has 0 saturated heterocycles. The number of hydrogen-bond donors (Lipinski definition) is 1. The van der Waals surface area contributed by atoms with E-state index in [1.165, 1.54) is 10.4 Å². The van der Waals surface area contributed by atoms with Crippen molar-refractivity contribution >= 4 is 27.3 Å². The first-order chi connectivity index (χ1) is 8.70. The number of nitrogens with zero attached hydrogens (tertiary/aromatic N) is 1. The van der Waals surface area contributed by atoms with Crippen LogP contribution < -0.4 is 5.73 Å². The van der Waals surface area contributed by atoms with E-state index in [1.807, 2.05) is 11.6 Å². The molecule has 0 radical (unpaired) electrons. The van der Waals surface area contributed by atoms with Crippen LogP contribution in [0, 0.1) is 6.92 Å². The molecule has 2 aromatic rings. The molecule has 1 heterocycles. The Morgan fingerprint density at radius 3 is 2.89 bits per heavy atom. The van der Waals surface area contributed by atoms with Gasteiger partial charge in [-0.1, -0.05) is 28.1 Å². The van der Waals surface area contributed by atoms with E-state index < -0.39 is 0 Å². The van der Waals surface area contributed by atoms with Gasteiger partial charge in [-0.05, 0) is 49.9 Å². The third-order valence-electron chi connectivity index (χ3n) is 3.17. The highest BCUT2D eigenvalue weighted by molar-refractivity contribution is 9.10. The number of aromatic nitrogens is 1. The lowest BCUT2D eigenvalue weighted by molar-refractivity contribution is 0.635. The molecular formula is C14H17BrN2S. The second kappa shape index (κ2) is 6.45. The summed E-state index contributed by atoms with van der Waals surface area (Å²) in [5.41, 5.74) is 10.3. The number of thiazole rings is 1. The van der Waals surface area contributed by atoms with Gasteiger partial charge in [-0.25, -0.2) is 4.98 Å². The SMILES string of the molecule is Cc1ncsc1CCC(CN)c1cccc(Br)c1. The molecule has 0 fully saturated rings. The van der Waals surface area contributed by atoms with E-state index in [2.05, 4.69) is 46.0 Å². The minimum atomic E-state index is 0.420. The number of hydrogen-bond acceptors (Lipinski definition) is 3. The van der Waals surface area contributed by atoms with Crippen molar-refractivity contribution in [2.24, 2.45) is 5.73 Å². The maximum Gasteiger partial charge on any atom is 0.0797 e. The largest absolute Gasteiger partial charge is 0.330 e. The van der Waals surface area contributed by atoms with Crippen molar-refractivity contribution in [3.8, 4) is 0 Å². The molecule has 0 saturated carbocycles. The molecule has 96 valence electrons. The zero-order chi connectivity index (χ0) is 13.0. The van der Waals surface area contributed by atoms with Crippen molar-refractivity contribution < 1.29 is 0 Å². The van der Waals surface area contributed by atoms with Gasteiger partial charge >= 0.3 is 0 Å². The maximum absolute atomic E-state index is 5.90. The van der Waals surface area contributed by atoms with E-state index >= 15 is 0 Å². The van der Waals surface area contributed by atoms with Gasteiger partial charge in [-0.3, -0.25) is 0 Å². The number of benzene rings is 1. The molecule has 0 aliphatic carbocycles. The lowest BCUT2D eigenvalue weighted by Gasteiger charge is -2.15. The molecule has 0 aliphatic rings. The Hall–Kier alpha value is -0.710. The van der Waals surface area contributed by atoms with Crippen molar-refractivity contribution in [2.45, 2.75) is 25.7 Å².